The monoisotopic (exact) mass is 482 g/mol. The summed E-state index contributed by atoms with van der Waals surface area (Å²) in [6.45, 7) is 6.53. The third kappa shape index (κ3) is 6.58. The molecule has 1 aromatic carbocycles. The van der Waals surface area contributed by atoms with E-state index in [1.807, 2.05) is 20.8 Å². The van der Waals surface area contributed by atoms with Crippen LogP contribution in [0.25, 0.3) is 0 Å². The van der Waals surface area contributed by atoms with Gasteiger partial charge in [-0.3, -0.25) is 4.99 Å². The maximum absolute atomic E-state index is 13.6. The Bertz CT molecular complexity index is 659. The van der Waals surface area contributed by atoms with E-state index in [0.717, 1.165) is 18.2 Å². The maximum atomic E-state index is 13.6. The molecule has 0 radical (unpaired) electrons. The van der Waals surface area contributed by atoms with Gasteiger partial charge in [-0.1, -0.05) is 0 Å². The lowest BCUT2D eigenvalue weighted by Crippen LogP contribution is -2.63. The number of carbonyl (C=O) groups is 1. The van der Waals surface area contributed by atoms with Gasteiger partial charge in [-0.15, -0.1) is 24.0 Å². The largest absolute Gasteiger partial charge is 0.444 e. The minimum absolute atomic E-state index is 0. The molecular formula is C17H25F2IN4O2. The van der Waals surface area contributed by atoms with E-state index in [1.54, 1.807) is 11.9 Å². The summed E-state index contributed by atoms with van der Waals surface area (Å²) in [5, 5.41) is 6.06. The van der Waals surface area contributed by atoms with Gasteiger partial charge < -0.3 is 20.3 Å². The van der Waals surface area contributed by atoms with Gasteiger partial charge in [0.2, 0.25) is 0 Å². The van der Waals surface area contributed by atoms with E-state index in [-0.39, 0.29) is 48.2 Å². The highest BCUT2D eigenvalue weighted by molar-refractivity contribution is 14.0. The van der Waals surface area contributed by atoms with E-state index in [0.29, 0.717) is 19.0 Å². The number of likely N-dealkylation sites (tertiary alicyclic amines) is 1. The minimum atomic E-state index is -0.526. The lowest BCUT2D eigenvalue weighted by Gasteiger charge is -2.40. The van der Waals surface area contributed by atoms with E-state index < -0.39 is 17.2 Å². The number of nitrogens with one attached hydrogen (secondary N) is 2. The van der Waals surface area contributed by atoms with Gasteiger partial charge in [-0.05, 0) is 39.0 Å². The summed E-state index contributed by atoms with van der Waals surface area (Å²) in [5.74, 6) is -0.519. The van der Waals surface area contributed by atoms with E-state index in [4.69, 9.17) is 4.74 Å². The molecule has 1 amide bonds. The molecule has 0 bridgehead atoms. The molecule has 0 aliphatic carbocycles. The van der Waals surface area contributed by atoms with Crippen LogP contribution in [-0.2, 0) is 11.3 Å². The van der Waals surface area contributed by atoms with Crippen LogP contribution in [0.15, 0.2) is 23.2 Å². The number of guanidine groups is 1. The average Bonchev–Trinajstić information content (AvgIpc) is 2.46. The average molecular weight is 482 g/mol. The standard InChI is InChI=1S/C17H24F2N4O2.HI/c1-17(2,3)25-16(24)23-9-13(10-23)22-15(20-4)21-8-11-7-12(18)5-6-14(11)19;/h5-7,13H,8-10H2,1-4H3,(H2,20,21,22);1H. The van der Waals surface area contributed by atoms with Crippen LogP contribution in [0.4, 0.5) is 13.6 Å². The molecule has 146 valence electrons. The molecule has 2 rings (SSSR count). The number of nitrogens with zero attached hydrogens (tertiary/aromatic N) is 2. The summed E-state index contributed by atoms with van der Waals surface area (Å²) >= 11 is 0. The number of benzene rings is 1. The van der Waals surface area contributed by atoms with Crippen LogP contribution in [0.2, 0.25) is 0 Å². The smallest absolute Gasteiger partial charge is 0.410 e. The van der Waals surface area contributed by atoms with Crippen molar-refractivity contribution in [3.63, 3.8) is 0 Å². The van der Waals surface area contributed by atoms with E-state index in [1.165, 1.54) is 0 Å². The van der Waals surface area contributed by atoms with Gasteiger partial charge in [0.05, 0.1) is 6.04 Å². The Morgan fingerprint density at radius 2 is 2.00 bits per heavy atom. The SMILES string of the molecule is CN=C(NCc1cc(F)ccc1F)NC1CN(C(=O)OC(C)(C)C)C1.I. The van der Waals surface area contributed by atoms with Gasteiger partial charge in [0.1, 0.15) is 17.2 Å². The minimum Gasteiger partial charge on any atom is -0.444 e. The molecule has 0 saturated carbocycles. The zero-order chi connectivity index (χ0) is 18.6. The number of amides is 1. The van der Waals surface area contributed by atoms with E-state index in [9.17, 15) is 13.6 Å². The molecule has 6 nitrogen and oxygen atoms in total. The second kappa shape index (κ2) is 9.33. The van der Waals surface area contributed by atoms with Gasteiger partial charge in [0.15, 0.2) is 5.96 Å². The lowest BCUT2D eigenvalue weighted by atomic mass is 10.1. The predicted octanol–water partition coefficient (Wildman–Crippen LogP) is 2.87. The van der Waals surface area contributed by atoms with Crippen molar-refractivity contribution in [2.45, 2.75) is 39.0 Å². The summed E-state index contributed by atoms with van der Waals surface area (Å²) in [6, 6.07) is 3.33. The van der Waals surface area contributed by atoms with Crippen LogP contribution in [0, 0.1) is 11.6 Å². The van der Waals surface area contributed by atoms with Crippen molar-refractivity contribution in [3.05, 3.63) is 35.4 Å². The summed E-state index contributed by atoms with van der Waals surface area (Å²) in [5.41, 5.74) is -0.311. The highest BCUT2D eigenvalue weighted by Gasteiger charge is 2.34. The van der Waals surface area contributed by atoms with Crippen LogP contribution in [0.1, 0.15) is 26.3 Å². The molecule has 1 saturated heterocycles. The number of hydrogen-bond acceptors (Lipinski definition) is 3. The van der Waals surface area contributed by atoms with Crippen LogP contribution in [0.3, 0.4) is 0 Å². The number of rotatable bonds is 3. The molecule has 1 aliphatic rings. The summed E-state index contributed by atoms with van der Waals surface area (Å²) in [4.78, 5) is 17.5. The molecule has 0 spiro atoms. The lowest BCUT2D eigenvalue weighted by molar-refractivity contribution is 0.00701. The predicted molar refractivity (Wildman–Crippen MR) is 107 cm³/mol. The van der Waals surface area contributed by atoms with Crippen molar-refractivity contribution in [1.29, 1.82) is 0 Å². The molecule has 0 unspecified atom stereocenters. The molecule has 0 atom stereocenters. The fourth-order valence-corrected chi connectivity index (χ4v) is 2.29. The maximum Gasteiger partial charge on any atom is 0.410 e. The highest BCUT2D eigenvalue weighted by atomic mass is 127. The van der Waals surface area contributed by atoms with Crippen molar-refractivity contribution in [2.75, 3.05) is 20.1 Å². The third-order valence-corrected chi connectivity index (χ3v) is 3.55. The first-order chi connectivity index (χ1) is 11.7. The van der Waals surface area contributed by atoms with Crippen LogP contribution < -0.4 is 10.6 Å². The topological polar surface area (TPSA) is 66.0 Å². The molecule has 2 N–H and O–H groups in total. The Balaban J connectivity index is 0.00000338. The van der Waals surface area contributed by atoms with Gasteiger partial charge in [-0.25, -0.2) is 13.6 Å². The number of aliphatic imine (C=N–C) groups is 1. The number of halogens is 3. The van der Waals surface area contributed by atoms with Gasteiger partial charge >= 0.3 is 6.09 Å². The second-order valence-electron chi connectivity index (χ2n) is 6.89. The number of hydrogen-bond donors (Lipinski definition) is 2. The molecule has 1 aromatic rings. The van der Waals surface area contributed by atoms with Crippen molar-refractivity contribution in [3.8, 4) is 0 Å². The van der Waals surface area contributed by atoms with Gasteiger partial charge in [-0.2, -0.15) is 0 Å². The Hall–Kier alpha value is -1.65. The van der Waals surface area contributed by atoms with Crippen molar-refractivity contribution in [1.82, 2.24) is 15.5 Å². The quantitative estimate of drug-likeness (QED) is 0.395. The summed E-state index contributed by atoms with van der Waals surface area (Å²) in [7, 11) is 1.58. The fourth-order valence-electron chi connectivity index (χ4n) is 2.29. The van der Waals surface area contributed by atoms with E-state index in [2.05, 4.69) is 15.6 Å². The summed E-state index contributed by atoms with van der Waals surface area (Å²) in [6.07, 6.45) is -0.352. The zero-order valence-electron chi connectivity index (χ0n) is 15.3. The first-order valence-electron chi connectivity index (χ1n) is 8.07. The molecular weight excluding hydrogens is 457 g/mol. The third-order valence-electron chi connectivity index (χ3n) is 3.55. The Morgan fingerprint density at radius 3 is 2.58 bits per heavy atom. The second-order valence-corrected chi connectivity index (χ2v) is 6.89. The first kappa shape index (κ1) is 22.4. The molecule has 1 fully saturated rings. The normalized spacial score (nSPS) is 15.0. The molecule has 1 heterocycles. The Kier molecular flexibility index (Phi) is 8.04. The van der Waals surface area contributed by atoms with Crippen LogP contribution in [-0.4, -0.2) is 48.7 Å². The van der Waals surface area contributed by atoms with Crippen molar-refractivity contribution in [2.24, 2.45) is 4.99 Å². The number of carbonyl (C=O) groups excluding carboxylic acids is 1. The highest BCUT2D eigenvalue weighted by Crippen LogP contribution is 2.15. The molecule has 9 heteroatoms. The molecule has 26 heavy (non-hydrogen) atoms. The van der Waals surface area contributed by atoms with Crippen molar-refractivity contribution >= 4 is 36.0 Å². The molecule has 1 aliphatic heterocycles. The van der Waals surface area contributed by atoms with Crippen LogP contribution >= 0.6 is 24.0 Å². The van der Waals surface area contributed by atoms with Crippen molar-refractivity contribution < 1.29 is 18.3 Å². The Labute approximate surface area is 169 Å². The summed E-state index contributed by atoms with van der Waals surface area (Å²) < 4.78 is 32.1. The number of ether oxygens (including phenoxy) is 1. The van der Waals surface area contributed by atoms with Gasteiger partial charge in [0, 0.05) is 32.2 Å². The zero-order valence-corrected chi connectivity index (χ0v) is 17.6. The molecule has 0 aromatic heterocycles. The van der Waals surface area contributed by atoms with Crippen LogP contribution in [0.5, 0.6) is 0 Å². The Morgan fingerprint density at radius 1 is 1.35 bits per heavy atom. The first-order valence-corrected chi connectivity index (χ1v) is 8.07. The fraction of sp³-hybridized carbons (Fsp3) is 0.529. The van der Waals surface area contributed by atoms with E-state index >= 15 is 0 Å². The van der Waals surface area contributed by atoms with Gasteiger partial charge in [0.25, 0.3) is 0 Å².